The monoisotopic (exact) mass is 369 g/mol. The molecule has 2 N–H and O–H groups in total. The van der Waals surface area contributed by atoms with Crippen LogP contribution in [0.4, 0.5) is 0 Å². The normalized spacial score (nSPS) is 11.2. The number of thiophene rings is 1. The minimum absolute atomic E-state index is 0.169. The molecule has 26 heavy (non-hydrogen) atoms. The predicted octanol–water partition coefficient (Wildman–Crippen LogP) is 2.55. The number of H-pyrrole nitrogens is 2. The van der Waals surface area contributed by atoms with E-state index in [0.717, 1.165) is 5.76 Å². The first-order chi connectivity index (χ1) is 12.5. The Morgan fingerprint density at radius 3 is 2.96 bits per heavy atom. The number of aryl methyl sites for hydroxylation is 1. The lowest BCUT2D eigenvalue weighted by Crippen LogP contribution is -2.28. The number of hydrogen-bond acceptors (Lipinski definition) is 6. The van der Waals surface area contributed by atoms with Gasteiger partial charge in [0.05, 0.1) is 12.1 Å². The number of nitrogens with one attached hydrogen (secondary N) is 2. The second-order valence-corrected chi connectivity index (χ2v) is 6.80. The van der Waals surface area contributed by atoms with Crippen molar-refractivity contribution in [1.29, 1.82) is 0 Å². The van der Waals surface area contributed by atoms with Crippen LogP contribution in [-0.2, 0) is 6.54 Å². The van der Waals surface area contributed by atoms with Crippen LogP contribution in [0.2, 0.25) is 0 Å². The van der Waals surface area contributed by atoms with Gasteiger partial charge in [0.1, 0.15) is 22.0 Å². The molecule has 0 unspecified atom stereocenters. The number of nitrogens with zero attached hydrogens (tertiary/aromatic N) is 3. The van der Waals surface area contributed by atoms with Gasteiger partial charge in [0.15, 0.2) is 11.5 Å². The van der Waals surface area contributed by atoms with Gasteiger partial charge >= 0.3 is 0 Å². The van der Waals surface area contributed by atoms with Crippen LogP contribution in [0.5, 0.6) is 0 Å². The van der Waals surface area contributed by atoms with Crippen molar-refractivity contribution in [3.63, 3.8) is 0 Å². The van der Waals surface area contributed by atoms with E-state index in [1.807, 2.05) is 24.4 Å². The minimum atomic E-state index is -0.288. The highest BCUT2D eigenvalue weighted by Crippen LogP contribution is 2.21. The zero-order valence-electron chi connectivity index (χ0n) is 14.1. The van der Waals surface area contributed by atoms with Crippen molar-refractivity contribution in [2.75, 3.05) is 7.05 Å². The van der Waals surface area contributed by atoms with Crippen LogP contribution in [-0.4, -0.2) is 38.0 Å². The summed E-state index contributed by atoms with van der Waals surface area (Å²) in [6.45, 7) is 2.01. The molecule has 0 fully saturated rings. The molecule has 4 aromatic rings. The largest absolute Gasteiger partial charge is 0.460 e. The van der Waals surface area contributed by atoms with E-state index in [1.54, 1.807) is 19.2 Å². The molecular weight excluding hydrogens is 354 g/mol. The van der Waals surface area contributed by atoms with Crippen LogP contribution < -0.4 is 5.56 Å². The van der Waals surface area contributed by atoms with Crippen molar-refractivity contribution >= 4 is 27.5 Å². The zero-order valence-corrected chi connectivity index (χ0v) is 14.9. The topological polar surface area (TPSA) is 108 Å². The van der Waals surface area contributed by atoms with E-state index >= 15 is 0 Å². The van der Waals surface area contributed by atoms with Crippen molar-refractivity contribution in [1.82, 2.24) is 25.1 Å². The van der Waals surface area contributed by atoms with Gasteiger partial charge in [-0.1, -0.05) is 0 Å². The van der Waals surface area contributed by atoms with E-state index in [9.17, 15) is 9.59 Å². The Kier molecular flexibility index (Phi) is 3.92. The Labute approximate surface area is 151 Å². The molecule has 0 aliphatic carbocycles. The quantitative estimate of drug-likeness (QED) is 0.575. The van der Waals surface area contributed by atoms with Crippen molar-refractivity contribution in [2.45, 2.75) is 13.5 Å². The van der Waals surface area contributed by atoms with Gasteiger partial charge in [-0.15, -0.1) is 11.3 Å². The van der Waals surface area contributed by atoms with Gasteiger partial charge in [-0.25, -0.2) is 4.98 Å². The molecule has 0 radical (unpaired) electrons. The summed E-state index contributed by atoms with van der Waals surface area (Å²) in [5.41, 5.74) is 1.32. The molecule has 1 amide bonds. The molecule has 0 spiro atoms. The molecule has 0 saturated carbocycles. The van der Waals surface area contributed by atoms with Crippen molar-refractivity contribution < 1.29 is 9.21 Å². The van der Waals surface area contributed by atoms with Crippen molar-refractivity contribution in [2.24, 2.45) is 0 Å². The molecular formula is C17H15N5O3S. The Hall–Kier alpha value is -3.20. The summed E-state index contributed by atoms with van der Waals surface area (Å²) in [6.07, 6.45) is 0. The highest BCUT2D eigenvalue weighted by atomic mass is 32.1. The fourth-order valence-corrected chi connectivity index (χ4v) is 3.35. The maximum Gasteiger partial charge on any atom is 0.274 e. The van der Waals surface area contributed by atoms with E-state index in [4.69, 9.17) is 4.42 Å². The summed E-state index contributed by atoms with van der Waals surface area (Å²) in [5.74, 6) is 1.53. The lowest BCUT2D eigenvalue weighted by atomic mass is 10.3. The van der Waals surface area contributed by atoms with E-state index in [1.165, 1.54) is 16.2 Å². The Morgan fingerprint density at radius 2 is 2.19 bits per heavy atom. The van der Waals surface area contributed by atoms with E-state index in [2.05, 4.69) is 20.2 Å². The first-order valence-electron chi connectivity index (χ1n) is 7.85. The molecule has 0 bridgehead atoms. The first-order valence-corrected chi connectivity index (χ1v) is 8.73. The molecule has 132 valence electrons. The van der Waals surface area contributed by atoms with Crippen molar-refractivity contribution in [3.8, 4) is 11.5 Å². The predicted molar refractivity (Wildman–Crippen MR) is 97.1 cm³/mol. The van der Waals surface area contributed by atoms with Gasteiger partial charge < -0.3 is 14.3 Å². The Morgan fingerprint density at radius 1 is 1.35 bits per heavy atom. The van der Waals surface area contributed by atoms with Gasteiger partial charge in [0, 0.05) is 13.1 Å². The third-order valence-electron chi connectivity index (χ3n) is 3.90. The number of amides is 1. The molecule has 9 heteroatoms. The molecule has 4 heterocycles. The molecule has 0 saturated heterocycles. The van der Waals surface area contributed by atoms with Gasteiger partial charge in [-0.05, 0) is 30.5 Å². The Bertz CT molecular complexity index is 1150. The van der Waals surface area contributed by atoms with Gasteiger partial charge in [0.25, 0.3) is 11.5 Å². The lowest BCUT2D eigenvalue weighted by molar-refractivity contribution is 0.0775. The number of carbonyl (C=O) groups excluding carboxylic acids is 1. The van der Waals surface area contributed by atoms with Crippen LogP contribution in [0.1, 0.15) is 22.1 Å². The SMILES string of the molecule is Cc1ccc(-c2cc(C(=O)N(C)Cc3nc4ccsc4c(=O)[nH]3)n[nH]2)o1. The number of rotatable bonds is 4. The molecule has 8 nitrogen and oxygen atoms in total. The average molecular weight is 369 g/mol. The van der Waals surface area contributed by atoms with Gasteiger partial charge in [-0.2, -0.15) is 5.10 Å². The number of fused-ring (bicyclic) bond motifs is 1. The minimum Gasteiger partial charge on any atom is -0.460 e. The number of hydrogen-bond donors (Lipinski definition) is 2. The number of aromatic nitrogens is 4. The summed E-state index contributed by atoms with van der Waals surface area (Å²) < 4.78 is 6.10. The smallest absolute Gasteiger partial charge is 0.274 e. The molecule has 0 atom stereocenters. The maximum absolute atomic E-state index is 12.6. The molecule has 4 rings (SSSR count). The summed E-state index contributed by atoms with van der Waals surface area (Å²) in [4.78, 5) is 33.2. The first kappa shape index (κ1) is 16.3. The fraction of sp³-hybridized carbons (Fsp3) is 0.176. The summed E-state index contributed by atoms with van der Waals surface area (Å²) in [5, 5.41) is 8.67. The molecule has 0 aliphatic rings. The van der Waals surface area contributed by atoms with Crippen LogP contribution in [0.25, 0.3) is 21.7 Å². The summed E-state index contributed by atoms with van der Waals surface area (Å²) in [7, 11) is 1.63. The van der Waals surface area contributed by atoms with Crippen LogP contribution in [0.15, 0.2) is 38.9 Å². The number of aromatic amines is 2. The zero-order chi connectivity index (χ0) is 18.3. The van der Waals surface area contributed by atoms with E-state index < -0.39 is 0 Å². The standard InChI is InChI=1S/C17H15N5O3S/c1-9-3-4-13(25-9)11-7-12(21-20-11)17(24)22(2)8-14-18-10-5-6-26-15(10)16(23)19-14/h3-7H,8H2,1-2H3,(H,20,21)(H,18,19,23). The number of furan rings is 1. The maximum atomic E-state index is 12.6. The van der Waals surface area contributed by atoms with Gasteiger partial charge in [0.2, 0.25) is 0 Å². The Balaban J connectivity index is 1.54. The summed E-state index contributed by atoms with van der Waals surface area (Å²) in [6, 6.07) is 7.07. The lowest BCUT2D eigenvalue weighted by Gasteiger charge is -2.14. The fourth-order valence-electron chi connectivity index (χ4n) is 2.63. The average Bonchev–Trinajstić information content (AvgIpc) is 3.33. The highest BCUT2D eigenvalue weighted by molar-refractivity contribution is 7.17. The third-order valence-corrected chi connectivity index (χ3v) is 4.80. The van der Waals surface area contributed by atoms with Crippen LogP contribution in [0, 0.1) is 6.92 Å². The molecule has 0 aromatic carbocycles. The van der Waals surface area contributed by atoms with Crippen molar-refractivity contribution in [3.05, 3.63) is 57.3 Å². The van der Waals surface area contributed by atoms with Crippen LogP contribution >= 0.6 is 11.3 Å². The molecule has 4 aromatic heterocycles. The highest BCUT2D eigenvalue weighted by Gasteiger charge is 2.18. The van der Waals surface area contributed by atoms with Crippen LogP contribution in [0.3, 0.4) is 0 Å². The number of carbonyl (C=O) groups is 1. The third kappa shape index (κ3) is 2.93. The van der Waals surface area contributed by atoms with E-state index in [-0.39, 0.29) is 23.7 Å². The summed E-state index contributed by atoms with van der Waals surface area (Å²) >= 11 is 1.34. The second kappa shape index (κ2) is 6.26. The van der Waals surface area contributed by atoms with Gasteiger partial charge in [-0.3, -0.25) is 14.7 Å². The second-order valence-electron chi connectivity index (χ2n) is 5.89. The van der Waals surface area contributed by atoms with E-state index in [0.29, 0.717) is 27.5 Å². The molecule has 0 aliphatic heterocycles.